The van der Waals surface area contributed by atoms with Gasteiger partial charge in [0, 0.05) is 17.7 Å². The fourth-order valence-electron chi connectivity index (χ4n) is 3.07. The third-order valence-corrected chi connectivity index (χ3v) is 5.50. The fraction of sp³-hybridized carbons (Fsp3) is 0.333. The molecule has 0 atom stereocenters. The van der Waals surface area contributed by atoms with Crippen molar-refractivity contribution in [3.8, 4) is 11.4 Å². The van der Waals surface area contributed by atoms with Gasteiger partial charge in [0.15, 0.2) is 0 Å². The predicted octanol–water partition coefficient (Wildman–Crippen LogP) is 5.00. The van der Waals surface area contributed by atoms with E-state index in [1.54, 1.807) is 12.1 Å². The van der Waals surface area contributed by atoms with Crippen LogP contribution in [0.4, 0.5) is 0 Å². The summed E-state index contributed by atoms with van der Waals surface area (Å²) in [4.78, 5) is 22.4. The van der Waals surface area contributed by atoms with Crippen molar-refractivity contribution in [1.29, 1.82) is 0 Å². The number of aromatic nitrogens is 2. The van der Waals surface area contributed by atoms with Crippen molar-refractivity contribution in [3.63, 3.8) is 0 Å². The summed E-state index contributed by atoms with van der Waals surface area (Å²) in [5, 5.41) is 3.93. The third kappa shape index (κ3) is 4.85. The van der Waals surface area contributed by atoms with Crippen LogP contribution in [0.2, 0.25) is 10.0 Å². The minimum Gasteiger partial charge on any atom is -0.352 e. The second-order valence-corrected chi connectivity index (χ2v) is 7.40. The number of amides is 1. The molecule has 5 nitrogen and oxygen atoms in total. The van der Waals surface area contributed by atoms with E-state index >= 15 is 0 Å². The molecule has 0 spiro atoms. The molecular weight excluding hydrogens is 395 g/mol. The molecule has 3 aromatic rings. The molecule has 0 bridgehead atoms. The first-order valence-electron chi connectivity index (χ1n) is 9.47. The van der Waals surface area contributed by atoms with Gasteiger partial charge >= 0.3 is 0 Å². The molecule has 0 unspecified atom stereocenters. The maximum absolute atomic E-state index is 12.3. The summed E-state index contributed by atoms with van der Waals surface area (Å²) in [5.41, 5.74) is 3.09. The molecule has 0 radical (unpaired) electrons. The van der Waals surface area contributed by atoms with Crippen LogP contribution in [0.15, 0.2) is 36.4 Å². The molecule has 7 heteroatoms. The summed E-state index contributed by atoms with van der Waals surface area (Å²) in [6, 6.07) is 10.9. The van der Waals surface area contributed by atoms with E-state index in [0.29, 0.717) is 28.0 Å². The van der Waals surface area contributed by atoms with Gasteiger partial charge in [0.2, 0.25) is 0 Å². The second kappa shape index (κ2) is 9.41. The number of carbonyl (C=O) groups is 1. The smallest absolute Gasteiger partial charge is 0.251 e. The van der Waals surface area contributed by atoms with Crippen LogP contribution in [-0.2, 0) is 0 Å². The number of benzene rings is 2. The zero-order valence-corrected chi connectivity index (χ0v) is 17.6. The Kier molecular flexibility index (Phi) is 6.94. The van der Waals surface area contributed by atoms with Crippen LogP contribution in [0.25, 0.3) is 22.4 Å². The van der Waals surface area contributed by atoms with Gasteiger partial charge in [-0.1, -0.05) is 49.2 Å². The molecule has 1 amide bonds. The van der Waals surface area contributed by atoms with E-state index < -0.39 is 0 Å². The highest BCUT2D eigenvalue weighted by Crippen LogP contribution is 2.28. The summed E-state index contributed by atoms with van der Waals surface area (Å²) in [5.74, 6) is 0.647. The molecule has 28 heavy (non-hydrogen) atoms. The van der Waals surface area contributed by atoms with Gasteiger partial charge < -0.3 is 15.2 Å². The number of nitrogens with zero attached hydrogens (tertiary/aromatic N) is 2. The lowest BCUT2D eigenvalue weighted by Crippen LogP contribution is -2.29. The number of aromatic amines is 1. The van der Waals surface area contributed by atoms with Crippen molar-refractivity contribution in [1.82, 2.24) is 20.2 Å². The molecule has 0 fully saturated rings. The highest BCUT2D eigenvalue weighted by molar-refractivity contribution is 6.42. The van der Waals surface area contributed by atoms with Crippen molar-refractivity contribution >= 4 is 40.1 Å². The Hall–Kier alpha value is -2.08. The minimum atomic E-state index is -0.0609. The minimum absolute atomic E-state index is 0.0609. The van der Waals surface area contributed by atoms with Crippen molar-refractivity contribution in [2.75, 3.05) is 26.2 Å². The zero-order valence-electron chi connectivity index (χ0n) is 16.1. The lowest BCUT2D eigenvalue weighted by Gasteiger charge is -2.17. The Morgan fingerprint density at radius 2 is 1.79 bits per heavy atom. The number of hydrogen-bond donors (Lipinski definition) is 2. The third-order valence-electron chi connectivity index (χ3n) is 4.78. The van der Waals surface area contributed by atoms with Crippen molar-refractivity contribution in [2.45, 2.75) is 20.3 Å². The first-order chi connectivity index (χ1) is 13.5. The van der Waals surface area contributed by atoms with Gasteiger partial charge in [-0.25, -0.2) is 4.98 Å². The van der Waals surface area contributed by atoms with Crippen LogP contribution in [0.1, 0.15) is 30.6 Å². The van der Waals surface area contributed by atoms with Crippen LogP contribution in [0, 0.1) is 0 Å². The van der Waals surface area contributed by atoms with E-state index in [-0.39, 0.29) is 5.91 Å². The van der Waals surface area contributed by atoms with Crippen molar-refractivity contribution < 1.29 is 4.79 Å². The lowest BCUT2D eigenvalue weighted by atomic mass is 10.1. The molecule has 0 aliphatic rings. The average molecular weight is 419 g/mol. The first kappa shape index (κ1) is 20.6. The van der Waals surface area contributed by atoms with Gasteiger partial charge in [-0.2, -0.15) is 0 Å². The number of imidazole rings is 1. The van der Waals surface area contributed by atoms with Crippen molar-refractivity contribution in [3.05, 3.63) is 52.0 Å². The zero-order chi connectivity index (χ0) is 20.1. The van der Waals surface area contributed by atoms with Gasteiger partial charge in [0.25, 0.3) is 5.91 Å². The van der Waals surface area contributed by atoms with E-state index in [1.165, 1.54) is 0 Å². The predicted molar refractivity (Wildman–Crippen MR) is 116 cm³/mol. The van der Waals surface area contributed by atoms with Crippen molar-refractivity contribution in [2.24, 2.45) is 0 Å². The molecule has 2 N–H and O–H groups in total. The first-order valence-corrected chi connectivity index (χ1v) is 10.2. The number of hydrogen-bond acceptors (Lipinski definition) is 3. The molecule has 0 aliphatic carbocycles. The Bertz CT molecular complexity index is 910. The topological polar surface area (TPSA) is 61.0 Å². The fourth-order valence-corrected chi connectivity index (χ4v) is 3.39. The molecule has 148 valence electrons. The molecule has 0 saturated heterocycles. The molecule has 0 saturated carbocycles. The quantitative estimate of drug-likeness (QED) is 0.506. The average Bonchev–Trinajstić information content (AvgIpc) is 3.11. The molecule has 1 heterocycles. The van der Waals surface area contributed by atoms with E-state index in [2.05, 4.69) is 34.0 Å². The molecule has 0 aliphatic heterocycles. The molecule has 3 rings (SSSR count). The maximum Gasteiger partial charge on any atom is 0.251 e. The summed E-state index contributed by atoms with van der Waals surface area (Å²) in [6.07, 6.45) is 0.940. The number of H-pyrrole nitrogens is 1. The summed E-state index contributed by atoms with van der Waals surface area (Å²) < 4.78 is 0. The Labute approximate surface area is 175 Å². The lowest BCUT2D eigenvalue weighted by molar-refractivity contribution is 0.0952. The molecular formula is C21H24Cl2N4O. The summed E-state index contributed by atoms with van der Waals surface area (Å²) in [7, 11) is 0. The van der Waals surface area contributed by atoms with Crippen LogP contribution < -0.4 is 5.32 Å². The van der Waals surface area contributed by atoms with Crippen LogP contribution in [-0.4, -0.2) is 47.0 Å². The van der Waals surface area contributed by atoms with Gasteiger partial charge in [0.05, 0.1) is 21.1 Å². The number of halogens is 2. The summed E-state index contributed by atoms with van der Waals surface area (Å²) >= 11 is 12.1. The largest absolute Gasteiger partial charge is 0.352 e. The number of carbonyl (C=O) groups excluding carboxylic acids is 1. The normalized spacial score (nSPS) is 11.3. The van der Waals surface area contributed by atoms with Crippen LogP contribution in [0.5, 0.6) is 0 Å². The highest BCUT2D eigenvalue weighted by atomic mass is 35.5. The van der Waals surface area contributed by atoms with E-state index in [1.807, 2.05) is 24.3 Å². The van der Waals surface area contributed by atoms with Crippen LogP contribution in [0.3, 0.4) is 0 Å². The van der Waals surface area contributed by atoms with Gasteiger partial charge in [-0.15, -0.1) is 0 Å². The number of fused-ring (bicyclic) bond motifs is 1. The molecule has 1 aromatic heterocycles. The standard InChI is InChI=1S/C21H24Cl2N4O/c1-3-27(4-2)11-5-10-24-21(28)15-8-6-14(7-9-15)20-25-18-12-16(22)17(23)13-19(18)26-20/h6-9,12-13H,3-5,10-11H2,1-2H3,(H,24,28)(H,25,26). The Balaban J connectivity index is 1.62. The van der Waals surface area contributed by atoms with E-state index in [0.717, 1.165) is 42.7 Å². The van der Waals surface area contributed by atoms with E-state index in [9.17, 15) is 4.79 Å². The number of nitrogens with one attached hydrogen (secondary N) is 2. The van der Waals surface area contributed by atoms with Gasteiger partial charge in [-0.05, 0) is 50.3 Å². The maximum atomic E-state index is 12.3. The Morgan fingerprint density at radius 1 is 1.11 bits per heavy atom. The number of rotatable bonds is 8. The van der Waals surface area contributed by atoms with Crippen LogP contribution >= 0.6 is 23.2 Å². The molecule has 2 aromatic carbocycles. The Morgan fingerprint density at radius 3 is 2.46 bits per heavy atom. The second-order valence-electron chi connectivity index (χ2n) is 6.58. The van der Waals surface area contributed by atoms with Gasteiger partial charge in [0.1, 0.15) is 5.82 Å². The SMILES string of the molecule is CCN(CC)CCCNC(=O)c1ccc(-c2nc3cc(Cl)c(Cl)cc3[nH]2)cc1. The monoisotopic (exact) mass is 418 g/mol. The van der Waals surface area contributed by atoms with Gasteiger partial charge in [-0.3, -0.25) is 4.79 Å². The highest BCUT2D eigenvalue weighted by Gasteiger charge is 2.10. The van der Waals surface area contributed by atoms with E-state index in [4.69, 9.17) is 23.2 Å². The summed E-state index contributed by atoms with van der Waals surface area (Å²) in [6.45, 7) is 8.02.